The molecular formula is C14H18Br2N2O2. The third-order valence-electron chi connectivity index (χ3n) is 3.38. The maximum absolute atomic E-state index is 10.2. The van der Waals surface area contributed by atoms with Crippen molar-refractivity contribution >= 4 is 31.9 Å². The Balaban J connectivity index is 2.06. The summed E-state index contributed by atoms with van der Waals surface area (Å²) in [4.78, 5) is 0. The summed E-state index contributed by atoms with van der Waals surface area (Å²) in [6.45, 7) is 4.31. The molecule has 0 radical (unpaired) electrons. The predicted octanol–water partition coefficient (Wildman–Crippen LogP) is 4.64. The number of hydrogen-bond donors (Lipinski definition) is 1. The topological polar surface area (TPSA) is 51.2 Å². The molecule has 2 rings (SSSR count). The van der Waals surface area contributed by atoms with Crippen LogP contribution in [0.5, 0.6) is 0 Å². The van der Waals surface area contributed by atoms with Gasteiger partial charge >= 0.3 is 0 Å². The van der Waals surface area contributed by atoms with E-state index >= 15 is 0 Å². The molecule has 110 valence electrons. The minimum atomic E-state index is -0.692. The average Bonchev–Trinajstić information content (AvgIpc) is 3.00. The minimum absolute atomic E-state index is 0.424. The molecule has 0 aliphatic rings. The van der Waals surface area contributed by atoms with Crippen molar-refractivity contribution in [2.75, 3.05) is 0 Å². The van der Waals surface area contributed by atoms with Crippen LogP contribution in [0.3, 0.4) is 0 Å². The van der Waals surface area contributed by atoms with Gasteiger partial charge in [-0.25, -0.2) is 0 Å². The largest absolute Gasteiger partial charge is 0.450 e. The van der Waals surface area contributed by atoms with Crippen LogP contribution in [-0.4, -0.2) is 14.9 Å². The van der Waals surface area contributed by atoms with Gasteiger partial charge < -0.3 is 9.52 Å². The van der Waals surface area contributed by atoms with Crippen molar-refractivity contribution in [1.82, 2.24) is 9.78 Å². The summed E-state index contributed by atoms with van der Waals surface area (Å²) < 4.78 is 8.80. The number of rotatable bonds is 6. The fourth-order valence-electron chi connectivity index (χ4n) is 2.18. The van der Waals surface area contributed by atoms with Crippen LogP contribution in [0.1, 0.15) is 50.3 Å². The Hall–Kier alpha value is -0.590. The summed E-state index contributed by atoms with van der Waals surface area (Å²) in [5, 5.41) is 14.7. The van der Waals surface area contributed by atoms with Gasteiger partial charge in [0.2, 0.25) is 0 Å². The Morgan fingerprint density at radius 3 is 2.60 bits per heavy atom. The Morgan fingerprint density at radius 1 is 1.35 bits per heavy atom. The minimum Gasteiger partial charge on any atom is -0.450 e. The smallest absolute Gasteiger partial charge is 0.183 e. The molecule has 0 aliphatic carbocycles. The van der Waals surface area contributed by atoms with Crippen molar-refractivity contribution < 1.29 is 9.52 Å². The van der Waals surface area contributed by atoms with E-state index in [4.69, 9.17) is 4.42 Å². The van der Waals surface area contributed by atoms with Gasteiger partial charge in [-0.2, -0.15) is 5.10 Å². The van der Waals surface area contributed by atoms with E-state index in [2.05, 4.69) is 50.8 Å². The molecule has 4 nitrogen and oxygen atoms in total. The van der Waals surface area contributed by atoms with Gasteiger partial charge in [-0.15, -0.1) is 0 Å². The molecular weight excluding hydrogens is 388 g/mol. The van der Waals surface area contributed by atoms with E-state index in [0.29, 0.717) is 22.9 Å². The summed E-state index contributed by atoms with van der Waals surface area (Å²) in [7, 11) is 0. The van der Waals surface area contributed by atoms with E-state index in [-0.39, 0.29) is 0 Å². The molecule has 0 saturated heterocycles. The van der Waals surface area contributed by atoms with E-state index in [9.17, 15) is 5.11 Å². The van der Waals surface area contributed by atoms with Crippen molar-refractivity contribution in [3.05, 3.63) is 38.9 Å². The summed E-state index contributed by atoms with van der Waals surface area (Å²) in [5.41, 5.74) is 0.869. The van der Waals surface area contributed by atoms with E-state index in [0.717, 1.165) is 23.0 Å². The normalized spacial score (nSPS) is 13.1. The fourth-order valence-corrected chi connectivity index (χ4v) is 2.79. The van der Waals surface area contributed by atoms with Gasteiger partial charge in [0.05, 0.1) is 16.2 Å². The Kier molecular flexibility index (Phi) is 5.46. The summed E-state index contributed by atoms with van der Waals surface area (Å²) in [5.74, 6) is 0.529. The highest BCUT2D eigenvalue weighted by Crippen LogP contribution is 2.31. The molecule has 0 aliphatic heterocycles. The predicted molar refractivity (Wildman–Crippen MR) is 84.6 cm³/mol. The molecule has 20 heavy (non-hydrogen) atoms. The van der Waals surface area contributed by atoms with Gasteiger partial charge in [-0.1, -0.05) is 13.8 Å². The van der Waals surface area contributed by atoms with Crippen molar-refractivity contribution in [2.45, 2.75) is 45.3 Å². The van der Waals surface area contributed by atoms with Gasteiger partial charge in [0, 0.05) is 12.6 Å². The summed E-state index contributed by atoms with van der Waals surface area (Å²) in [6, 6.07) is 4.15. The molecule has 1 unspecified atom stereocenters. The van der Waals surface area contributed by atoms with Crippen LogP contribution in [0.15, 0.2) is 31.9 Å². The van der Waals surface area contributed by atoms with Crippen molar-refractivity contribution in [2.24, 2.45) is 0 Å². The maximum atomic E-state index is 10.2. The second-order valence-corrected chi connectivity index (χ2v) is 6.32. The van der Waals surface area contributed by atoms with Gasteiger partial charge in [-0.05, 0) is 56.8 Å². The zero-order chi connectivity index (χ0) is 14.7. The Labute approximate surface area is 135 Å². The number of aliphatic hydroxyl groups is 1. The first-order chi connectivity index (χ1) is 9.55. The molecule has 2 aromatic heterocycles. The van der Waals surface area contributed by atoms with Crippen LogP contribution in [0.4, 0.5) is 0 Å². The molecule has 6 heteroatoms. The number of aromatic nitrogens is 2. The summed E-state index contributed by atoms with van der Waals surface area (Å²) in [6.07, 6.45) is 3.84. The van der Waals surface area contributed by atoms with Crippen LogP contribution >= 0.6 is 31.9 Å². The fraction of sp³-hybridized carbons (Fsp3) is 0.500. The van der Waals surface area contributed by atoms with Gasteiger partial charge in [-0.3, -0.25) is 4.68 Å². The quantitative estimate of drug-likeness (QED) is 0.761. The molecule has 1 atom stereocenters. The van der Waals surface area contributed by atoms with E-state index in [1.807, 2.05) is 16.9 Å². The lowest BCUT2D eigenvalue weighted by molar-refractivity contribution is 0.147. The molecule has 2 heterocycles. The molecule has 0 bridgehead atoms. The van der Waals surface area contributed by atoms with Crippen LogP contribution in [0.2, 0.25) is 0 Å². The van der Waals surface area contributed by atoms with Crippen molar-refractivity contribution in [1.29, 1.82) is 0 Å². The highest BCUT2D eigenvalue weighted by atomic mass is 79.9. The van der Waals surface area contributed by atoms with Gasteiger partial charge in [0.1, 0.15) is 11.9 Å². The second kappa shape index (κ2) is 6.91. The van der Waals surface area contributed by atoms with E-state index < -0.39 is 6.10 Å². The lowest BCUT2D eigenvalue weighted by atomic mass is 10.1. The highest BCUT2D eigenvalue weighted by Gasteiger charge is 2.17. The number of nitrogens with zero attached hydrogens (tertiary/aromatic N) is 2. The molecule has 0 spiro atoms. The third kappa shape index (κ3) is 3.54. The van der Waals surface area contributed by atoms with Crippen LogP contribution in [0.25, 0.3) is 0 Å². The third-order valence-corrected chi connectivity index (χ3v) is 5.09. The lowest BCUT2D eigenvalue weighted by Gasteiger charge is -2.12. The molecule has 2 aromatic rings. The number of furan rings is 1. The molecule has 1 N–H and O–H groups in total. The van der Waals surface area contributed by atoms with Crippen LogP contribution in [0, 0.1) is 0 Å². The standard InChI is InChI=1S/C14H18Br2N2O2/c1-3-10(4-2)18-6-5-9(17-18)7-12(19)13-8-11(15)14(16)20-13/h5-6,8,10,12,19H,3-4,7H2,1-2H3. The van der Waals surface area contributed by atoms with Gasteiger partial charge in [0.25, 0.3) is 0 Å². The van der Waals surface area contributed by atoms with E-state index in [1.54, 1.807) is 6.07 Å². The first-order valence-corrected chi connectivity index (χ1v) is 8.30. The zero-order valence-electron chi connectivity index (χ0n) is 11.5. The second-order valence-electron chi connectivity index (χ2n) is 4.75. The number of aliphatic hydroxyl groups excluding tert-OH is 1. The lowest BCUT2D eigenvalue weighted by Crippen LogP contribution is -2.09. The van der Waals surface area contributed by atoms with E-state index in [1.165, 1.54) is 0 Å². The highest BCUT2D eigenvalue weighted by molar-refractivity contribution is 9.13. The van der Waals surface area contributed by atoms with Gasteiger partial charge in [0.15, 0.2) is 4.67 Å². The number of hydrogen-bond acceptors (Lipinski definition) is 3. The Morgan fingerprint density at radius 2 is 2.05 bits per heavy atom. The first-order valence-electron chi connectivity index (χ1n) is 6.71. The van der Waals surface area contributed by atoms with Crippen molar-refractivity contribution in [3.8, 4) is 0 Å². The average molecular weight is 406 g/mol. The summed E-state index contributed by atoms with van der Waals surface area (Å²) >= 11 is 6.61. The monoisotopic (exact) mass is 404 g/mol. The molecule has 0 aromatic carbocycles. The molecule has 0 fully saturated rings. The SMILES string of the molecule is CCC(CC)n1ccc(CC(O)c2cc(Br)c(Br)o2)n1. The molecule has 0 amide bonds. The number of halogens is 2. The van der Waals surface area contributed by atoms with Crippen LogP contribution in [-0.2, 0) is 6.42 Å². The maximum Gasteiger partial charge on any atom is 0.183 e. The zero-order valence-corrected chi connectivity index (χ0v) is 14.7. The van der Waals surface area contributed by atoms with Crippen molar-refractivity contribution in [3.63, 3.8) is 0 Å². The van der Waals surface area contributed by atoms with Crippen LogP contribution < -0.4 is 0 Å². The molecule has 0 saturated carbocycles. The Bertz CT molecular complexity index is 542. The first kappa shape index (κ1) is 15.8.